The van der Waals surface area contributed by atoms with Gasteiger partial charge in [-0.05, 0) is 73.1 Å². The van der Waals surface area contributed by atoms with Crippen LogP contribution < -0.4 is 5.32 Å². The number of aromatic nitrogens is 4. The summed E-state index contributed by atoms with van der Waals surface area (Å²) < 4.78 is 36.5. The molecule has 44 heavy (non-hydrogen) atoms. The van der Waals surface area contributed by atoms with E-state index in [0.29, 0.717) is 31.3 Å². The molecular weight excluding hydrogens is 562 g/mol. The van der Waals surface area contributed by atoms with Gasteiger partial charge in [0, 0.05) is 61.1 Å². The fourth-order valence-corrected chi connectivity index (χ4v) is 6.17. The molecule has 10 heteroatoms. The molecule has 2 atom stereocenters. The number of ether oxygens (including phenoxy) is 1. The normalized spacial score (nSPS) is 19.8. The van der Waals surface area contributed by atoms with Crippen LogP contribution in [0.1, 0.15) is 66.3 Å². The summed E-state index contributed by atoms with van der Waals surface area (Å²) in [5.74, 6) is -1.09. The van der Waals surface area contributed by atoms with Crippen LogP contribution in [0.2, 0.25) is 0 Å². The van der Waals surface area contributed by atoms with Crippen LogP contribution in [0.3, 0.4) is 0 Å². The van der Waals surface area contributed by atoms with Crippen molar-refractivity contribution in [3.05, 3.63) is 83.2 Å². The number of halogens is 2. The number of carbonyl (C=O) groups excluding carboxylic acids is 1. The first-order valence-corrected chi connectivity index (χ1v) is 15.4. The van der Waals surface area contributed by atoms with Crippen molar-refractivity contribution >= 4 is 16.8 Å². The standard InChI is InChI=1S/C34H38F2N6O2/c1-22(2)34(36)9-6-30-27(19-34)17-25-16-26(18-28(35)32(25)40-30)33(43)41-31(8-12-42-11-3-14-44-15-13-42)23-4-5-29(37-20-23)24-7-10-38-39-21-24/h4-5,7,10,16-18,20-22,31H,3,6,8-9,11-15,19H2,1-2H3,(H,41,43)/t31-,34+/m1/s1. The van der Waals surface area contributed by atoms with E-state index in [9.17, 15) is 4.79 Å². The predicted molar refractivity (Wildman–Crippen MR) is 164 cm³/mol. The lowest BCUT2D eigenvalue weighted by molar-refractivity contribution is 0.0821. The average Bonchev–Trinajstić information content (AvgIpc) is 3.31. The molecule has 1 aromatic carbocycles. The number of benzene rings is 1. The van der Waals surface area contributed by atoms with Gasteiger partial charge in [0.25, 0.3) is 5.91 Å². The molecule has 6 rings (SSSR count). The second-order valence-corrected chi connectivity index (χ2v) is 12.2. The maximum absolute atomic E-state index is 15.5. The molecule has 1 amide bonds. The molecule has 1 aliphatic heterocycles. The van der Waals surface area contributed by atoms with E-state index in [4.69, 9.17) is 4.74 Å². The van der Waals surface area contributed by atoms with Gasteiger partial charge in [0.15, 0.2) is 0 Å². The average molecular weight is 601 g/mol. The largest absolute Gasteiger partial charge is 0.380 e. The molecule has 0 unspecified atom stereocenters. The van der Waals surface area contributed by atoms with Crippen molar-refractivity contribution in [3.63, 3.8) is 0 Å². The van der Waals surface area contributed by atoms with Crippen LogP contribution in [0.5, 0.6) is 0 Å². The number of fused-ring (bicyclic) bond motifs is 2. The molecule has 1 fully saturated rings. The maximum atomic E-state index is 15.5. The Labute approximate surface area is 256 Å². The number of amides is 1. The highest BCUT2D eigenvalue weighted by Gasteiger charge is 2.38. The SMILES string of the molecule is CC(C)[C@]1(F)CCc2nc3c(F)cc(C(=O)N[C@H](CCN4CCCOCC4)c4ccc(-c5ccnnc5)nc4)cc3cc2C1. The predicted octanol–water partition coefficient (Wildman–Crippen LogP) is 5.66. The minimum atomic E-state index is -1.32. The van der Waals surface area contributed by atoms with Gasteiger partial charge in [0.05, 0.1) is 30.7 Å². The number of pyridine rings is 2. The lowest BCUT2D eigenvalue weighted by atomic mass is 9.77. The lowest BCUT2D eigenvalue weighted by Gasteiger charge is -2.34. The highest BCUT2D eigenvalue weighted by molar-refractivity contribution is 5.98. The minimum Gasteiger partial charge on any atom is -0.380 e. The third-order valence-corrected chi connectivity index (χ3v) is 9.02. The van der Waals surface area contributed by atoms with Crippen molar-refractivity contribution < 1.29 is 18.3 Å². The maximum Gasteiger partial charge on any atom is 0.251 e. The minimum absolute atomic E-state index is 0.135. The first-order chi connectivity index (χ1) is 21.3. The number of carbonyl (C=O) groups is 1. The monoisotopic (exact) mass is 600 g/mol. The van der Waals surface area contributed by atoms with Crippen LogP contribution >= 0.6 is 0 Å². The molecule has 0 saturated carbocycles. The van der Waals surface area contributed by atoms with E-state index in [1.165, 1.54) is 6.07 Å². The number of rotatable bonds is 8. The van der Waals surface area contributed by atoms with E-state index in [1.807, 2.05) is 38.1 Å². The summed E-state index contributed by atoms with van der Waals surface area (Å²) in [6, 6.07) is 10.0. The van der Waals surface area contributed by atoms with E-state index in [0.717, 1.165) is 60.7 Å². The molecule has 2 aliphatic rings. The Balaban J connectivity index is 1.26. The van der Waals surface area contributed by atoms with E-state index in [-0.39, 0.29) is 29.5 Å². The third-order valence-electron chi connectivity index (χ3n) is 9.02. The Morgan fingerprint density at radius 3 is 2.77 bits per heavy atom. The molecule has 4 aromatic rings. The molecule has 230 valence electrons. The van der Waals surface area contributed by atoms with Gasteiger partial charge in [0.1, 0.15) is 17.0 Å². The highest BCUT2D eigenvalue weighted by atomic mass is 19.1. The van der Waals surface area contributed by atoms with Crippen LogP contribution in [0.15, 0.2) is 55.0 Å². The van der Waals surface area contributed by atoms with E-state index in [1.54, 1.807) is 24.7 Å². The van der Waals surface area contributed by atoms with Gasteiger partial charge in [-0.2, -0.15) is 10.2 Å². The van der Waals surface area contributed by atoms with Crippen molar-refractivity contribution in [2.45, 2.75) is 57.7 Å². The number of aryl methyl sites for hydroxylation is 1. The number of nitrogens with one attached hydrogen (secondary N) is 1. The molecule has 0 bridgehead atoms. The molecular formula is C34H38F2N6O2. The van der Waals surface area contributed by atoms with Crippen LogP contribution in [0.25, 0.3) is 22.2 Å². The molecule has 1 N–H and O–H groups in total. The Kier molecular flexibility index (Phi) is 8.91. The Morgan fingerprint density at radius 1 is 1.11 bits per heavy atom. The van der Waals surface area contributed by atoms with E-state index < -0.39 is 17.4 Å². The van der Waals surface area contributed by atoms with E-state index >= 15 is 8.78 Å². The van der Waals surface area contributed by atoms with Gasteiger partial charge >= 0.3 is 0 Å². The summed E-state index contributed by atoms with van der Waals surface area (Å²) in [5, 5.41) is 11.4. The van der Waals surface area contributed by atoms with Crippen LogP contribution in [0.4, 0.5) is 8.78 Å². The molecule has 3 aromatic heterocycles. The zero-order chi connectivity index (χ0) is 30.7. The van der Waals surface area contributed by atoms with Crippen molar-refractivity contribution in [1.29, 1.82) is 0 Å². The molecule has 4 heterocycles. The highest BCUT2D eigenvalue weighted by Crippen LogP contribution is 2.38. The molecule has 8 nitrogen and oxygen atoms in total. The topological polar surface area (TPSA) is 93.1 Å². The lowest BCUT2D eigenvalue weighted by Crippen LogP contribution is -2.36. The summed E-state index contributed by atoms with van der Waals surface area (Å²) in [5.41, 5.74) is 3.05. The summed E-state index contributed by atoms with van der Waals surface area (Å²) in [6.07, 6.45) is 7.72. The molecule has 1 saturated heterocycles. The zero-order valence-electron chi connectivity index (χ0n) is 25.2. The Hall–Kier alpha value is -3.89. The fourth-order valence-electron chi connectivity index (χ4n) is 6.17. The van der Waals surface area contributed by atoms with Gasteiger partial charge in [-0.15, -0.1) is 0 Å². The third kappa shape index (κ3) is 6.61. The Bertz CT molecular complexity index is 1610. The van der Waals surface area contributed by atoms with Crippen molar-refractivity contribution in [3.8, 4) is 11.3 Å². The number of nitrogens with zero attached hydrogens (tertiary/aromatic N) is 5. The van der Waals surface area contributed by atoms with Gasteiger partial charge in [-0.1, -0.05) is 19.9 Å². The van der Waals surface area contributed by atoms with Crippen LogP contribution in [0, 0.1) is 11.7 Å². The zero-order valence-corrected chi connectivity index (χ0v) is 25.2. The first kappa shape index (κ1) is 30.1. The fraction of sp³-hybridized carbons (Fsp3) is 0.441. The quantitative estimate of drug-likeness (QED) is 0.279. The number of alkyl halides is 1. The van der Waals surface area contributed by atoms with Crippen LogP contribution in [-0.4, -0.2) is 69.5 Å². The summed E-state index contributed by atoms with van der Waals surface area (Å²) >= 11 is 0. The summed E-state index contributed by atoms with van der Waals surface area (Å²) in [6.45, 7) is 7.72. The number of hydrogen-bond donors (Lipinski definition) is 1. The van der Waals surface area contributed by atoms with Gasteiger partial charge in [-0.25, -0.2) is 13.8 Å². The van der Waals surface area contributed by atoms with Crippen LogP contribution in [-0.2, 0) is 17.6 Å². The van der Waals surface area contributed by atoms with E-state index in [2.05, 4.69) is 30.4 Å². The van der Waals surface area contributed by atoms with Crippen molar-refractivity contribution in [1.82, 2.24) is 30.4 Å². The van der Waals surface area contributed by atoms with Gasteiger partial charge in [-0.3, -0.25) is 9.78 Å². The molecule has 1 aliphatic carbocycles. The number of hydrogen-bond acceptors (Lipinski definition) is 7. The Morgan fingerprint density at radius 2 is 2.00 bits per heavy atom. The molecule has 0 radical (unpaired) electrons. The van der Waals surface area contributed by atoms with Gasteiger partial charge < -0.3 is 15.0 Å². The van der Waals surface area contributed by atoms with Crippen molar-refractivity contribution in [2.75, 3.05) is 32.8 Å². The summed E-state index contributed by atoms with van der Waals surface area (Å²) in [4.78, 5) is 25.2. The smallest absolute Gasteiger partial charge is 0.251 e. The molecule has 0 spiro atoms. The van der Waals surface area contributed by atoms with Crippen molar-refractivity contribution in [2.24, 2.45) is 5.92 Å². The first-order valence-electron chi connectivity index (χ1n) is 15.4. The second kappa shape index (κ2) is 13.0. The summed E-state index contributed by atoms with van der Waals surface area (Å²) in [7, 11) is 0. The second-order valence-electron chi connectivity index (χ2n) is 12.2. The van der Waals surface area contributed by atoms with Gasteiger partial charge in [0.2, 0.25) is 0 Å².